The average Bonchev–Trinajstić information content (AvgIpc) is 1.65. The number of nitrogens with zero attached hydrogens (tertiary/aromatic N) is 12. The van der Waals surface area contributed by atoms with Crippen LogP contribution in [-0.4, -0.2) is 75.2 Å². The van der Waals surface area contributed by atoms with Crippen molar-refractivity contribution in [2.75, 3.05) is 15.0 Å². The Bertz CT molecular complexity index is 5900. The molecule has 0 fully saturated rings. The van der Waals surface area contributed by atoms with Crippen LogP contribution in [0.25, 0.3) is 56.3 Å². The molecule has 724 valence electrons. The number of aromatic nitrogens is 6. The Morgan fingerprint density at radius 3 is 0.993 bits per heavy atom. The maximum Gasteiger partial charge on any atom is 0.284 e. The molecule has 0 aliphatic carbocycles. The van der Waals surface area contributed by atoms with Gasteiger partial charge in [-0.1, -0.05) is 209 Å². The van der Waals surface area contributed by atoms with Crippen molar-refractivity contribution < 1.29 is 145 Å². The molecule has 137 heavy (non-hydrogen) atoms. The summed E-state index contributed by atoms with van der Waals surface area (Å²) in [6.45, 7) is 33.4. The molecule has 13 aromatic rings. The van der Waals surface area contributed by atoms with Crippen LogP contribution < -0.4 is 20.1 Å². The van der Waals surface area contributed by atoms with Gasteiger partial charge in [0.05, 0.1) is 34.2 Å². The smallest absolute Gasteiger partial charge is 0.284 e. The maximum atomic E-state index is 13.2. The Morgan fingerprint density at radius 1 is 0.350 bits per heavy atom. The number of amides is 3. The van der Waals surface area contributed by atoms with E-state index in [4.69, 9.17) is 0 Å². The van der Waals surface area contributed by atoms with E-state index >= 15 is 0 Å². The largest absolute Gasteiger partial charge is 0.573 e. The molecular weight excluding hydrogens is 2470 g/mol. The molecule has 0 saturated heterocycles. The van der Waals surface area contributed by atoms with E-state index in [1.165, 1.54) is 51.4 Å². The van der Waals surface area contributed by atoms with Gasteiger partial charge in [-0.05, 0) is 146 Å². The maximum absolute atomic E-state index is 13.2. The van der Waals surface area contributed by atoms with Crippen LogP contribution in [0.4, 0.5) is 52.2 Å². The minimum absolute atomic E-state index is 0. The number of para-hydroxylation sites is 1. The van der Waals surface area contributed by atoms with Crippen molar-refractivity contribution in [1.29, 1.82) is 0 Å². The fourth-order valence-corrected chi connectivity index (χ4v) is 12.8. The van der Waals surface area contributed by atoms with Crippen LogP contribution in [0.5, 0.6) is 0 Å². The molecule has 0 spiro atoms. The average molecular weight is 2570 g/mol. The van der Waals surface area contributed by atoms with Gasteiger partial charge in [-0.2, -0.15) is 66.2 Å². The molecular formula is C107H102F8Ir4N12O6-6. The van der Waals surface area contributed by atoms with Gasteiger partial charge in [-0.25, -0.2) is 9.95 Å². The molecule has 8 aromatic carbocycles. The number of hydrogen-bond acceptors (Lipinski definition) is 14. The molecule has 0 bridgehead atoms. The number of hydrogen-bond donors (Lipinski definition) is 3. The number of benzene rings is 8. The van der Waals surface area contributed by atoms with Crippen LogP contribution in [0.15, 0.2) is 305 Å². The normalized spacial score (nSPS) is 13.6. The third-order valence-electron chi connectivity index (χ3n) is 19.0. The molecule has 3 aliphatic heterocycles. The summed E-state index contributed by atoms with van der Waals surface area (Å²) in [5.41, 5.74) is 12.5. The third kappa shape index (κ3) is 34.7. The second-order valence-electron chi connectivity index (χ2n) is 35.2. The van der Waals surface area contributed by atoms with E-state index in [1.54, 1.807) is 106 Å². The predicted octanol–water partition coefficient (Wildman–Crippen LogP) is 25.7. The number of hydrazone groups is 3. The van der Waals surface area contributed by atoms with Gasteiger partial charge in [-0.3, -0.25) is 50.1 Å². The van der Waals surface area contributed by atoms with E-state index in [1.807, 2.05) is 173 Å². The van der Waals surface area contributed by atoms with Gasteiger partial charge in [0.15, 0.2) is 0 Å². The van der Waals surface area contributed by atoms with E-state index < -0.39 is 34.9 Å². The summed E-state index contributed by atoms with van der Waals surface area (Å²) in [4.78, 5) is 53.7. The van der Waals surface area contributed by atoms with Crippen molar-refractivity contribution >= 4 is 51.9 Å². The number of carbonyl (C=O) groups is 3. The minimum atomic E-state index is -0.649. The quantitative estimate of drug-likeness (QED) is 0.0474. The zero-order chi connectivity index (χ0) is 97.2. The Kier molecular flexibility index (Phi) is 44.4. The van der Waals surface area contributed by atoms with Gasteiger partial charge in [0.1, 0.15) is 39.8 Å². The number of carbonyl (C=O) groups excluding carboxylic acids is 3. The number of anilines is 3. The molecule has 18 nitrogen and oxygen atoms in total. The zero-order valence-electron chi connectivity index (χ0n) is 78.2. The molecule has 0 saturated carbocycles. The Hall–Kier alpha value is -12.4. The fraction of sp³-hybridized carbons (Fsp3) is 0.224. The fourth-order valence-electron chi connectivity index (χ4n) is 12.8. The second-order valence-corrected chi connectivity index (χ2v) is 35.2. The van der Waals surface area contributed by atoms with Crippen molar-refractivity contribution in [2.45, 2.75) is 142 Å². The van der Waals surface area contributed by atoms with Gasteiger partial charge < -0.3 is 40.5 Å². The first-order valence-electron chi connectivity index (χ1n) is 42.1. The standard InChI is InChI=1S/C17H22N2O2.C16H19FN2O2.C16H20N2O2.C12H6F2.C12H9FN.C12H14N3.2C11H6F2N.4Ir/c1-11-6-8-13(9-7-11)19-16(21)15(12(2)18-19)14(20)10-17(3,4)5;1-10-14(13(20)9-16(2,3)4)15(21)19(18-10)12-7-5-11(17)6-8-12;1-11-14(13(19)10-16(2,3)4)15(20)18(17-11)12-8-6-5-7-9-12;13-10-6-7-11(12(14)8-10)9-4-2-1-3-5-9;1-9-8-10(13)5-6-11(9)12-4-2-3-7-14-12;1-12(2,3)11-8-10(14-15-11)9-6-4-5-7-13-9;2*12-8-4-5-9(10(13)7-8)11-3-1-2-6-14-11;;;;/h6-9,20H,10H2,1-5H3;5-8,20H,9H2,1-4H3;5-9,19H,10H2,1-4H3;1-4,6,8H;2-5,7-8H,1H3;4-8H,1-3H3;2*1-4,6-7H;;;;/q;;;-2;4*-1;;;;. The van der Waals surface area contributed by atoms with Gasteiger partial charge in [0.2, 0.25) is 0 Å². The molecule has 8 heterocycles. The van der Waals surface area contributed by atoms with Crippen molar-refractivity contribution in [2.24, 2.45) is 31.5 Å². The number of rotatable bonds is 11. The van der Waals surface area contributed by atoms with Gasteiger partial charge in [0.25, 0.3) is 17.7 Å². The predicted molar refractivity (Wildman–Crippen MR) is 506 cm³/mol. The zero-order valence-corrected chi connectivity index (χ0v) is 87.7. The summed E-state index contributed by atoms with van der Waals surface area (Å²) >= 11 is 0. The number of allylic oxidation sites excluding steroid dienone is 3. The van der Waals surface area contributed by atoms with Crippen LogP contribution in [0, 0.1) is 107 Å². The number of halogens is 8. The van der Waals surface area contributed by atoms with Crippen molar-refractivity contribution in [3.63, 3.8) is 0 Å². The van der Waals surface area contributed by atoms with Gasteiger partial charge in [-0.15, -0.1) is 65.7 Å². The van der Waals surface area contributed by atoms with Crippen LogP contribution in [0.3, 0.4) is 0 Å². The molecule has 0 unspecified atom stereocenters. The summed E-state index contributed by atoms with van der Waals surface area (Å²) in [5, 5.41) is 55.6. The molecule has 16 rings (SSSR count). The summed E-state index contributed by atoms with van der Waals surface area (Å²) in [5.74, 6) is -5.11. The molecule has 3 N–H and O–H groups in total. The molecule has 0 atom stereocenters. The topological polar surface area (TPSA) is 237 Å². The van der Waals surface area contributed by atoms with E-state index in [9.17, 15) is 64.8 Å². The van der Waals surface area contributed by atoms with Gasteiger partial charge >= 0.3 is 0 Å². The van der Waals surface area contributed by atoms with Crippen LogP contribution in [0.1, 0.15) is 140 Å². The van der Waals surface area contributed by atoms with E-state index in [0.717, 1.165) is 75.9 Å². The SMILES string of the molecule is CC(C)(C)c1cc(-c2ccccn2)[n-]n1.CC1=NN(c2ccc(C)cc2)C(=O)C1=C(O)CC(C)(C)C.CC1=NN(c2ccc(F)cc2)C(=O)C1=C(O)CC(C)(C)C.CC1=NN(c2ccccc2)C(=O)C1=C(O)CC(C)(C)C.Cc1cc(F)c[c-]c1-c1ccccn1.Fc1c[c-]c(-c2[c-]cccc2)c(F)c1.Fc1c[c-]c(-c2ccccn2)c(F)c1.Fc1c[c-]c(-c2ccccn2)c(F)c1.[Ir].[Ir].[Ir].[Ir]. The summed E-state index contributed by atoms with van der Waals surface area (Å²) in [6.07, 6.45) is 7.86. The number of aliphatic hydroxyl groups is 3. The molecule has 3 amide bonds. The summed E-state index contributed by atoms with van der Waals surface area (Å²) in [7, 11) is 0. The molecule has 4 radical (unpaired) electrons. The van der Waals surface area contributed by atoms with Crippen LogP contribution >= 0.6 is 0 Å². The van der Waals surface area contributed by atoms with E-state index in [2.05, 4.69) is 96.5 Å². The van der Waals surface area contributed by atoms with Crippen LogP contribution in [0.2, 0.25) is 0 Å². The van der Waals surface area contributed by atoms with Crippen LogP contribution in [-0.2, 0) is 100 Å². The third-order valence-corrected chi connectivity index (χ3v) is 19.0. The first-order chi connectivity index (χ1) is 62.8. The minimum Gasteiger partial charge on any atom is -0.573 e. The number of aryl methyl sites for hydroxylation is 2. The molecule has 30 heteroatoms. The number of aliphatic hydroxyl groups excluding tert-OH is 3. The Labute approximate surface area is 848 Å². The monoisotopic (exact) mass is 2570 g/mol. The van der Waals surface area contributed by atoms with Crippen molar-refractivity contribution in [1.82, 2.24) is 30.1 Å². The second kappa shape index (κ2) is 52.8. The summed E-state index contributed by atoms with van der Waals surface area (Å²) < 4.78 is 103. The van der Waals surface area contributed by atoms with Gasteiger partial charge in [0, 0.05) is 176 Å². The first kappa shape index (κ1) is 115. The number of pyridine rings is 4. The molecule has 3 aliphatic rings. The van der Waals surface area contributed by atoms with E-state index in [0.29, 0.717) is 81.6 Å². The summed E-state index contributed by atoms with van der Waals surface area (Å²) in [6, 6.07) is 74.7. The van der Waals surface area contributed by atoms with Crippen molar-refractivity contribution in [3.8, 4) is 56.3 Å². The Balaban J connectivity index is 0.000000277. The van der Waals surface area contributed by atoms with E-state index in [-0.39, 0.29) is 171 Å². The Morgan fingerprint density at radius 2 is 0.672 bits per heavy atom. The first-order valence-corrected chi connectivity index (χ1v) is 42.1. The molecule has 5 aromatic heterocycles. The van der Waals surface area contributed by atoms with Crippen molar-refractivity contribution in [3.05, 3.63) is 383 Å².